The number of nitrogens with two attached hydrogens (primary N) is 1. The van der Waals surface area contributed by atoms with E-state index in [0.717, 1.165) is 5.92 Å². The van der Waals surface area contributed by atoms with Crippen LogP contribution in [0.1, 0.15) is 39.0 Å². The van der Waals surface area contributed by atoms with Crippen molar-refractivity contribution in [1.29, 1.82) is 0 Å². The van der Waals surface area contributed by atoms with E-state index >= 15 is 0 Å². The molecule has 0 saturated carbocycles. The molecular formula is C13H26N2. The highest BCUT2D eigenvalue weighted by Gasteiger charge is 2.24. The van der Waals surface area contributed by atoms with Crippen molar-refractivity contribution < 1.29 is 0 Å². The molecule has 2 atom stereocenters. The van der Waals surface area contributed by atoms with Crippen molar-refractivity contribution >= 4 is 0 Å². The predicted molar refractivity (Wildman–Crippen MR) is 66.9 cm³/mol. The van der Waals surface area contributed by atoms with Crippen molar-refractivity contribution in [3.8, 4) is 0 Å². The number of nitrogens with zero attached hydrogens (tertiary/aromatic N) is 1. The third-order valence-electron chi connectivity index (χ3n) is 3.43. The van der Waals surface area contributed by atoms with Gasteiger partial charge in [0.2, 0.25) is 0 Å². The second-order valence-electron chi connectivity index (χ2n) is 4.85. The molecule has 1 heterocycles. The lowest BCUT2D eigenvalue weighted by Crippen LogP contribution is -2.30. The molecule has 1 fully saturated rings. The van der Waals surface area contributed by atoms with Crippen LogP contribution in [0, 0.1) is 5.92 Å². The average molecular weight is 210 g/mol. The van der Waals surface area contributed by atoms with Gasteiger partial charge in [-0.15, -0.1) is 6.58 Å². The van der Waals surface area contributed by atoms with Gasteiger partial charge in [-0.1, -0.05) is 12.5 Å². The maximum Gasteiger partial charge on any atom is 0.00514 e. The molecule has 0 bridgehead atoms. The van der Waals surface area contributed by atoms with E-state index in [1.807, 2.05) is 6.08 Å². The lowest BCUT2D eigenvalue weighted by Gasteiger charge is -2.17. The molecule has 1 aliphatic rings. The summed E-state index contributed by atoms with van der Waals surface area (Å²) in [7, 11) is 0. The van der Waals surface area contributed by atoms with Gasteiger partial charge in [0, 0.05) is 12.6 Å². The molecule has 0 aromatic heterocycles. The fourth-order valence-electron chi connectivity index (χ4n) is 2.30. The van der Waals surface area contributed by atoms with Crippen molar-refractivity contribution in [2.75, 3.05) is 19.6 Å². The number of unbranched alkanes of at least 4 members (excludes halogenated alkanes) is 3. The van der Waals surface area contributed by atoms with Gasteiger partial charge in [0.15, 0.2) is 0 Å². The summed E-state index contributed by atoms with van der Waals surface area (Å²) in [6.45, 7) is 9.62. The van der Waals surface area contributed by atoms with Crippen molar-refractivity contribution in [1.82, 2.24) is 4.90 Å². The topological polar surface area (TPSA) is 29.3 Å². The summed E-state index contributed by atoms with van der Waals surface area (Å²) in [6.07, 6.45) is 8.45. The molecule has 2 N–H and O–H groups in total. The number of hydrogen-bond acceptors (Lipinski definition) is 2. The van der Waals surface area contributed by atoms with Gasteiger partial charge in [0.1, 0.15) is 0 Å². The number of allylic oxidation sites excluding steroid dienone is 1. The van der Waals surface area contributed by atoms with Crippen LogP contribution in [0.2, 0.25) is 0 Å². The SMILES string of the molecule is C=CCCCCCN1CCC(C(C)N)C1. The molecule has 0 spiro atoms. The Morgan fingerprint density at radius 1 is 1.47 bits per heavy atom. The van der Waals surface area contributed by atoms with Crippen LogP contribution in [0.25, 0.3) is 0 Å². The molecular weight excluding hydrogens is 184 g/mol. The number of rotatable bonds is 7. The van der Waals surface area contributed by atoms with E-state index in [9.17, 15) is 0 Å². The van der Waals surface area contributed by atoms with Gasteiger partial charge in [0.25, 0.3) is 0 Å². The summed E-state index contributed by atoms with van der Waals surface area (Å²) in [5.41, 5.74) is 5.92. The highest BCUT2D eigenvalue weighted by Crippen LogP contribution is 2.19. The van der Waals surface area contributed by atoms with Crippen LogP contribution in [-0.2, 0) is 0 Å². The van der Waals surface area contributed by atoms with Crippen molar-refractivity contribution in [3.05, 3.63) is 12.7 Å². The molecule has 2 unspecified atom stereocenters. The Kier molecular flexibility index (Phi) is 5.96. The van der Waals surface area contributed by atoms with E-state index in [1.165, 1.54) is 51.7 Å². The van der Waals surface area contributed by atoms with Crippen LogP contribution < -0.4 is 5.73 Å². The Balaban J connectivity index is 2.01. The minimum atomic E-state index is 0.371. The summed E-state index contributed by atoms with van der Waals surface area (Å²) in [4.78, 5) is 2.57. The first-order chi connectivity index (χ1) is 7.24. The van der Waals surface area contributed by atoms with E-state index < -0.39 is 0 Å². The zero-order valence-corrected chi connectivity index (χ0v) is 10.1. The van der Waals surface area contributed by atoms with E-state index in [1.54, 1.807) is 0 Å². The molecule has 2 heteroatoms. The summed E-state index contributed by atoms with van der Waals surface area (Å²) in [6, 6.07) is 0.371. The molecule has 0 amide bonds. The maximum absolute atomic E-state index is 5.92. The Morgan fingerprint density at radius 3 is 2.87 bits per heavy atom. The van der Waals surface area contributed by atoms with Crippen LogP contribution in [0.5, 0.6) is 0 Å². The molecule has 1 saturated heterocycles. The number of likely N-dealkylation sites (tertiary alicyclic amines) is 1. The molecule has 2 nitrogen and oxygen atoms in total. The Bertz CT molecular complexity index is 177. The summed E-state index contributed by atoms with van der Waals surface area (Å²) >= 11 is 0. The Hall–Kier alpha value is -0.340. The van der Waals surface area contributed by atoms with E-state index in [4.69, 9.17) is 5.73 Å². The van der Waals surface area contributed by atoms with Gasteiger partial charge >= 0.3 is 0 Å². The fourth-order valence-corrected chi connectivity index (χ4v) is 2.30. The molecule has 15 heavy (non-hydrogen) atoms. The van der Waals surface area contributed by atoms with Crippen LogP contribution in [-0.4, -0.2) is 30.6 Å². The van der Waals surface area contributed by atoms with Gasteiger partial charge in [-0.2, -0.15) is 0 Å². The monoisotopic (exact) mass is 210 g/mol. The fraction of sp³-hybridized carbons (Fsp3) is 0.846. The first-order valence-corrected chi connectivity index (χ1v) is 6.33. The molecule has 1 rings (SSSR count). The van der Waals surface area contributed by atoms with Crippen molar-refractivity contribution in [2.24, 2.45) is 11.7 Å². The normalized spacial score (nSPS) is 24.3. The quantitative estimate of drug-likeness (QED) is 0.516. The molecule has 0 aromatic rings. The first-order valence-electron chi connectivity index (χ1n) is 6.33. The van der Waals surface area contributed by atoms with Gasteiger partial charge in [-0.3, -0.25) is 0 Å². The smallest absolute Gasteiger partial charge is 0.00514 e. The number of hydrogen-bond donors (Lipinski definition) is 1. The predicted octanol–water partition coefficient (Wildman–Crippen LogP) is 2.40. The molecule has 1 aliphatic heterocycles. The zero-order chi connectivity index (χ0) is 11.1. The standard InChI is InChI=1S/C13H26N2/c1-3-4-5-6-7-9-15-10-8-13(11-15)12(2)14/h3,12-13H,1,4-11,14H2,2H3. The zero-order valence-electron chi connectivity index (χ0n) is 10.1. The second-order valence-corrected chi connectivity index (χ2v) is 4.85. The minimum absolute atomic E-state index is 0.371. The highest BCUT2D eigenvalue weighted by atomic mass is 15.1. The summed E-state index contributed by atoms with van der Waals surface area (Å²) < 4.78 is 0. The Morgan fingerprint density at radius 2 is 2.27 bits per heavy atom. The lowest BCUT2D eigenvalue weighted by molar-refractivity contribution is 0.308. The molecule has 0 aliphatic carbocycles. The van der Waals surface area contributed by atoms with Crippen LogP contribution in [0.3, 0.4) is 0 Å². The summed E-state index contributed by atoms with van der Waals surface area (Å²) in [5.74, 6) is 0.734. The largest absolute Gasteiger partial charge is 0.328 e. The average Bonchev–Trinajstić information content (AvgIpc) is 2.66. The van der Waals surface area contributed by atoms with E-state index in [2.05, 4.69) is 18.4 Å². The molecule has 0 radical (unpaired) electrons. The van der Waals surface area contributed by atoms with Gasteiger partial charge in [0.05, 0.1) is 0 Å². The molecule has 0 aromatic carbocycles. The maximum atomic E-state index is 5.92. The lowest BCUT2D eigenvalue weighted by atomic mass is 10.0. The first kappa shape index (κ1) is 12.7. The van der Waals surface area contributed by atoms with Crippen molar-refractivity contribution in [3.63, 3.8) is 0 Å². The van der Waals surface area contributed by atoms with E-state index in [-0.39, 0.29) is 0 Å². The van der Waals surface area contributed by atoms with Crippen LogP contribution in [0.4, 0.5) is 0 Å². The van der Waals surface area contributed by atoms with Gasteiger partial charge in [-0.05, 0) is 51.6 Å². The van der Waals surface area contributed by atoms with Crippen LogP contribution >= 0.6 is 0 Å². The van der Waals surface area contributed by atoms with E-state index in [0.29, 0.717) is 6.04 Å². The van der Waals surface area contributed by atoms with Crippen LogP contribution in [0.15, 0.2) is 12.7 Å². The molecule has 88 valence electrons. The minimum Gasteiger partial charge on any atom is -0.328 e. The second kappa shape index (κ2) is 7.02. The summed E-state index contributed by atoms with van der Waals surface area (Å²) in [5, 5.41) is 0. The van der Waals surface area contributed by atoms with Gasteiger partial charge < -0.3 is 10.6 Å². The Labute approximate surface area is 94.5 Å². The third-order valence-corrected chi connectivity index (χ3v) is 3.43. The van der Waals surface area contributed by atoms with Gasteiger partial charge in [-0.25, -0.2) is 0 Å². The van der Waals surface area contributed by atoms with Crippen molar-refractivity contribution in [2.45, 2.75) is 45.1 Å². The highest BCUT2D eigenvalue weighted by molar-refractivity contribution is 4.80. The third kappa shape index (κ3) is 4.80.